The van der Waals surface area contributed by atoms with Gasteiger partial charge in [-0.3, -0.25) is 9.48 Å². The van der Waals surface area contributed by atoms with Crippen LogP contribution in [0.3, 0.4) is 0 Å². The molecule has 0 spiro atoms. The molecule has 1 aliphatic rings. The van der Waals surface area contributed by atoms with Gasteiger partial charge in [-0.2, -0.15) is 18.3 Å². The van der Waals surface area contributed by atoms with E-state index in [0.717, 1.165) is 10.9 Å². The summed E-state index contributed by atoms with van der Waals surface area (Å²) in [5, 5.41) is 3.62. The molecule has 0 atom stereocenters. The van der Waals surface area contributed by atoms with E-state index in [-0.39, 0.29) is 11.9 Å². The molecule has 1 fully saturated rings. The quantitative estimate of drug-likeness (QED) is 0.810. The van der Waals surface area contributed by atoms with Gasteiger partial charge in [0.05, 0.1) is 16.8 Å². The molecule has 0 aliphatic carbocycles. The topological polar surface area (TPSA) is 38.1 Å². The van der Waals surface area contributed by atoms with Crippen LogP contribution in [0.2, 0.25) is 4.34 Å². The van der Waals surface area contributed by atoms with E-state index in [9.17, 15) is 18.0 Å². The van der Waals surface area contributed by atoms with Gasteiger partial charge in [-0.1, -0.05) is 11.6 Å². The standard InChI is InChI=1S/C15H15ClF3N3OS/c16-13-2-1-11(24-13)9-14(23)21-6-3-10(4-7-21)22-8-5-12(20-22)15(17,18)19/h1-2,5,8,10H,3-4,6-7,9H2. The van der Waals surface area contributed by atoms with Gasteiger partial charge in [-0.05, 0) is 31.0 Å². The van der Waals surface area contributed by atoms with Crippen LogP contribution in [0.15, 0.2) is 24.4 Å². The lowest BCUT2D eigenvalue weighted by atomic mass is 10.0. The molecule has 9 heteroatoms. The molecule has 2 aromatic rings. The third-order valence-electron chi connectivity index (χ3n) is 4.04. The minimum absolute atomic E-state index is 0.0170. The molecular formula is C15H15ClF3N3OS. The first-order chi connectivity index (χ1) is 11.3. The number of alkyl halides is 3. The molecule has 0 bridgehead atoms. The number of carbonyl (C=O) groups excluding carboxylic acids is 1. The molecule has 0 aromatic carbocycles. The first kappa shape index (κ1) is 17.3. The van der Waals surface area contributed by atoms with E-state index in [1.54, 1.807) is 11.0 Å². The number of nitrogens with zero attached hydrogens (tertiary/aromatic N) is 3. The van der Waals surface area contributed by atoms with E-state index in [2.05, 4.69) is 5.10 Å². The van der Waals surface area contributed by atoms with Crippen molar-refractivity contribution in [1.82, 2.24) is 14.7 Å². The number of aromatic nitrogens is 2. The number of hydrogen-bond acceptors (Lipinski definition) is 3. The Bertz CT molecular complexity index is 720. The molecule has 0 radical (unpaired) electrons. The molecule has 4 nitrogen and oxygen atoms in total. The predicted octanol–water partition coefficient (Wildman–Crippen LogP) is 4.02. The first-order valence-electron chi connectivity index (χ1n) is 7.47. The number of piperidine rings is 1. The summed E-state index contributed by atoms with van der Waals surface area (Å²) in [6.07, 6.45) is -1.57. The van der Waals surface area contributed by atoms with Crippen LogP contribution in [0.4, 0.5) is 13.2 Å². The Morgan fingerprint density at radius 2 is 2.00 bits per heavy atom. The number of halogens is 4. The van der Waals surface area contributed by atoms with Crippen LogP contribution in [-0.4, -0.2) is 33.7 Å². The number of amides is 1. The van der Waals surface area contributed by atoms with Crippen LogP contribution in [0.25, 0.3) is 0 Å². The molecule has 24 heavy (non-hydrogen) atoms. The lowest BCUT2D eigenvalue weighted by Gasteiger charge is -2.32. The van der Waals surface area contributed by atoms with Crippen LogP contribution in [0, 0.1) is 0 Å². The van der Waals surface area contributed by atoms with Crippen molar-refractivity contribution in [2.75, 3.05) is 13.1 Å². The fraction of sp³-hybridized carbons (Fsp3) is 0.467. The number of hydrogen-bond donors (Lipinski definition) is 0. The van der Waals surface area contributed by atoms with Crippen molar-refractivity contribution in [3.8, 4) is 0 Å². The van der Waals surface area contributed by atoms with Gasteiger partial charge in [0.2, 0.25) is 5.91 Å². The maximum atomic E-state index is 12.6. The summed E-state index contributed by atoms with van der Waals surface area (Å²) in [5.41, 5.74) is -0.879. The van der Waals surface area contributed by atoms with E-state index >= 15 is 0 Å². The van der Waals surface area contributed by atoms with Crippen molar-refractivity contribution in [3.63, 3.8) is 0 Å². The molecule has 3 heterocycles. The molecule has 130 valence electrons. The molecule has 0 N–H and O–H groups in total. The number of carbonyl (C=O) groups is 1. The summed E-state index contributed by atoms with van der Waals surface area (Å²) in [5.74, 6) is 0.0170. The fourth-order valence-corrected chi connectivity index (χ4v) is 3.86. The Morgan fingerprint density at radius 3 is 2.54 bits per heavy atom. The molecule has 1 amide bonds. The van der Waals surface area contributed by atoms with E-state index in [1.807, 2.05) is 6.07 Å². The van der Waals surface area contributed by atoms with Crippen molar-refractivity contribution in [3.05, 3.63) is 39.3 Å². The Morgan fingerprint density at radius 1 is 1.29 bits per heavy atom. The van der Waals surface area contributed by atoms with Crippen LogP contribution < -0.4 is 0 Å². The molecule has 1 aliphatic heterocycles. The van der Waals surface area contributed by atoms with E-state index < -0.39 is 11.9 Å². The summed E-state index contributed by atoms with van der Waals surface area (Å²) < 4.78 is 39.8. The normalized spacial score (nSPS) is 16.6. The first-order valence-corrected chi connectivity index (χ1v) is 8.67. The highest BCUT2D eigenvalue weighted by molar-refractivity contribution is 7.16. The third kappa shape index (κ3) is 3.92. The monoisotopic (exact) mass is 377 g/mol. The second kappa shape index (κ2) is 6.76. The average molecular weight is 378 g/mol. The minimum Gasteiger partial charge on any atom is -0.342 e. The molecule has 0 unspecified atom stereocenters. The Balaban J connectivity index is 1.55. The second-order valence-electron chi connectivity index (χ2n) is 5.67. The smallest absolute Gasteiger partial charge is 0.342 e. The highest BCUT2D eigenvalue weighted by Gasteiger charge is 2.34. The highest BCUT2D eigenvalue weighted by atomic mass is 35.5. The van der Waals surface area contributed by atoms with Crippen molar-refractivity contribution in [2.45, 2.75) is 31.5 Å². The lowest BCUT2D eigenvalue weighted by Crippen LogP contribution is -2.39. The second-order valence-corrected chi connectivity index (χ2v) is 7.47. The number of thiophene rings is 1. The van der Waals surface area contributed by atoms with Gasteiger partial charge in [-0.25, -0.2) is 0 Å². The van der Waals surface area contributed by atoms with E-state index in [4.69, 9.17) is 11.6 Å². The zero-order valence-electron chi connectivity index (χ0n) is 12.6. The molecule has 3 rings (SSSR count). The van der Waals surface area contributed by atoms with Gasteiger partial charge >= 0.3 is 6.18 Å². The van der Waals surface area contributed by atoms with Gasteiger partial charge in [0.25, 0.3) is 0 Å². The lowest BCUT2D eigenvalue weighted by molar-refractivity contribution is -0.141. The number of rotatable bonds is 3. The van der Waals surface area contributed by atoms with Crippen molar-refractivity contribution in [1.29, 1.82) is 0 Å². The Labute approximate surface area is 145 Å². The summed E-state index contributed by atoms with van der Waals surface area (Å²) in [6, 6.07) is 4.47. The maximum Gasteiger partial charge on any atom is 0.435 e. The van der Waals surface area contributed by atoms with Crippen LogP contribution in [-0.2, 0) is 17.4 Å². The van der Waals surface area contributed by atoms with Crippen LogP contribution in [0.5, 0.6) is 0 Å². The zero-order chi connectivity index (χ0) is 17.3. The van der Waals surface area contributed by atoms with Crippen molar-refractivity contribution >= 4 is 28.8 Å². The maximum absolute atomic E-state index is 12.6. The Kier molecular flexibility index (Phi) is 4.87. The molecule has 0 saturated carbocycles. The van der Waals surface area contributed by atoms with Gasteiger partial charge in [-0.15, -0.1) is 11.3 Å². The van der Waals surface area contributed by atoms with E-state index in [0.29, 0.717) is 36.7 Å². The van der Waals surface area contributed by atoms with E-state index in [1.165, 1.54) is 22.2 Å². The fourth-order valence-electron chi connectivity index (χ4n) is 2.78. The summed E-state index contributed by atoms with van der Waals surface area (Å²) in [7, 11) is 0. The average Bonchev–Trinajstić information content (AvgIpc) is 3.16. The van der Waals surface area contributed by atoms with Gasteiger partial charge in [0.15, 0.2) is 5.69 Å². The minimum atomic E-state index is -4.43. The Hall–Kier alpha value is -1.54. The summed E-state index contributed by atoms with van der Waals surface area (Å²) in [4.78, 5) is 14.9. The van der Waals surface area contributed by atoms with Crippen molar-refractivity contribution in [2.24, 2.45) is 0 Å². The van der Waals surface area contributed by atoms with Gasteiger partial charge in [0, 0.05) is 24.2 Å². The summed E-state index contributed by atoms with van der Waals surface area (Å²) in [6.45, 7) is 1.04. The zero-order valence-corrected chi connectivity index (χ0v) is 14.2. The third-order valence-corrected chi connectivity index (χ3v) is 5.28. The van der Waals surface area contributed by atoms with Crippen molar-refractivity contribution < 1.29 is 18.0 Å². The number of likely N-dealkylation sites (tertiary alicyclic amines) is 1. The summed E-state index contributed by atoms with van der Waals surface area (Å²) >= 11 is 7.23. The highest BCUT2D eigenvalue weighted by Crippen LogP contribution is 2.30. The van der Waals surface area contributed by atoms with Crippen LogP contribution in [0.1, 0.15) is 29.5 Å². The van der Waals surface area contributed by atoms with Gasteiger partial charge in [0.1, 0.15) is 0 Å². The van der Waals surface area contributed by atoms with Gasteiger partial charge < -0.3 is 4.90 Å². The molecule has 2 aromatic heterocycles. The SMILES string of the molecule is O=C(Cc1ccc(Cl)s1)N1CCC(n2ccc(C(F)(F)F)n2)CC1. The molecule has 1 saturated heterocycles. The molecular weight excluding hydrogens is 363 g/mol. The largest absolute Gasteiger partial charge is 0.435 e. The van der Waals surface area contributed by atoms with Crippen LogP contribution >= 0.6 is 22.9 Å². The predicted molar refractivity (Wildman–Crippen MR) is 85.1 cm³/mol.